The molecule has 1 aliphatic heterocycles. The molecule has 0 atom stereocenters. The Morgan fingerprint density at radius 2 is 1.74 bits per heavy atom. The number of benzene rings is 1. The fraction of sp³-hybridized carbons (Fsp3) is 0.125. The molecule has 0 saturated heterocycles. The molecule has 1 aromatic carbocycles. The molecular weight excluding hydrogens is 374 g/mol. The van der Waals surface area contributed by atoms with Crippen molar-refractivity contribution in [1.82, 2.24) is 14.9 Å². The van der Waals surface area contributed by atoms with Crippen molar-refractivity contribution >= 4 is 33.5 Å². The van der Waals surface area contributed by atoms with Crippen molar-refractivity contribution in [2.75, 3.05) is 23.2 Å². The van der Waals surface area contributed by atoms with E-state index < -0.39 is 21.8 Å². The molecule has 3 rings (SSSR count). The van der Waals surface area contributed by atoms with E-state index in [0.717, 1.165) is 11.0 Å². The summed E-state index contributed by atoms with van der Waals surface area (Å²) in [7, 11) is -3.87. The number of carbonyl (C=O) groups excluding carboxylic acids is 2. The fourth-order valence-electron chi connectivity index (χ4n) is 2.31. The molecule has 2 aromatic rings. The standard InChI is InChI=1S/C16H15N5O5S/c22-9-8-21-14(23)10-13(15(21)24)19-11-2-4-12(5-3-11)27(25,26)20-16-17-6-1-7-18-16/h1-7,10,19,22H,8-9H2,(H,17,18,20). The molecule has 0 bridgehead atoms. The van der Waals surface area contributed by atoms with E-state index >= 15 is 0 Å². The Labute approximate surface area is 154 Å². The van der Waals surface area contributed by atoms with Crippen LogP contribution in [0, 0.1) is 0 Å². The number of nitrogens with one attached hydrogen (secondary N) is 2. The summed E-state index contributed by atoms with van der Waals surface area (Å²) in [5.74, 6) is -1.14. The Morgan fingerprint density at radius 1 is 1.07 bits per heavy atom. The van der Waals surface area contributed by atoms with Crippen LogP contribution >= 0.6 is 0 Å². The lowest BCUT2D eigenvalue weighted by Crippen LogP contribution is -2.34. The molecule has 1 aliphatic rings. The van der Waals surface area contributed by atoms with Gasteiger partial charge in [-0.3, -0.25) is 14.5 Å². The summed E-state index contributed by atoms with van der Waals surface area (Å²) in [5, 5.41) is 11.7. The maximum absolute atomic E-state index is 12.3. The van der Waals surface area contributed by atoms with Gasteiger partial charge >= 0.3 is 0 Å². The predicted octanol–water partition coefficient (Wildman–Crippen LogP) is -0.0657. The van der Waals surface area contributed by atoms with Crippen molar-refractivity contribution in [3.8, 4) is 0 Å². The SMILES string of the molecule is O=C1C=C(Nc2ccc(S(=O)(=O)Nc3ncccn3)cc2)C(=O)N1CCO. The molecule has 1 aromatic heterocycles. The largest absolute Gasteiger partial charge is 0.395 e. The number of amides is 2. The van der Waals surface area contributed by atoms with Crippen molar-refractivity contribution in [1.29, 1.82) is 0 Å². The summed E-state index contributed by atoms with van der Waals surface area (Å²) < 4.78 is 26.9. The third kappa shape index (κ3) is 4.10. The first-order valence-electron chi connectivity index (χ1n) is 7.76. The molecule has 2 amide bonds. The quantitative estimate of drug-likeness (QED) is 0.559. The van der Waals surface area contributed by atoms with Crippen LogP contribution in [0.4, 0.5) is 11.6 Å². The molecule has 0 fully saturated rings. The zero-order valence-electron chi connectivity index (χ0n) is 13.9. The number of nitrogens with zero attached hydrogens (tertiary/aromatic N) is 3. The number of β-amino-alcohol motifs (C(OH)–C–C–N with tert-alkyl or cyclic N) is 1. The van der Waals surface area contributed by atoms with Gasteiger partial charge < -0.3 is 10.4 Å². The highest BCUT2D eigenvalue weighted by Gasteiger charge is 2.30. The Balaban J connectivity index is 1.72. The van der Waals surface area contributed by atoms with Gasteiger partial charge in [-0.2, -0.15) is 0 Å². The van der Waals surface area contributed by atoms with E-state index in [0.29, 0.717) is 5.69 Å². The molecule has 0 spiro atoms. The normalized spacial score (nSPS) is 14.3. The molecule has 27 heavy (non-hydrogen) atoms. The molecule has 0 saturated carbocycles. The molecule has 3 N–H and O–H groups in total. The van der Waals surface area contributed by atoms with Gasteiger partial charge in [-0.05, 0) is 30.3 Å². The van der Waals surface area contributed by atoms with Gasteiger partial charge in [-0.15, -0.1) is 0 Å². The van der Waals surface area contributed by atoms with Gasteiger partial charge in [0.2, 0.25) is 5.95 Å². The van der Waals surface area contributed by atoms with Crippen LogP contribution in [0.2, 0.25) is 0 Å². The second-order valence-corrected chi connectivity index (χ2v) is 7.09. The Hall–Kier alpha value is -3.31. The third-order valence-corrected chi connectivity index (χ3v) is 4.91. The van der Waals surface area contributed by atoms with Crippen LogP contribution in [0.25, 0.3) is 0 Å². The molecule has 0 aliphatic carbocycles. The Kier molecular flexibility index (Phi) is 5.14. The first kappa shape index (κ1) is 18.5. The fourth-order valence-corrected chi connectivity index (χ4v) is 3.27. The Bertz CT molecular complexity index is 990. The number of rotatable bonds is 7. The smallest absolute Gasteiger partial charge is 0.277 e. The zero-order valence-corrected chi connectivity index (χ0v) is 14.7. The van der Waals surface area contributed by atoms with E-state index in [-0.39, 0.29) is 29.7 Å². The maximum atomic E-state index is 12.3. The first-order valence-corrected chi connectivity index (χ1v) is 9.24. The van der Waals surface area contributed by atoms with Gasteiger partial charge in [-0.1, -0.05) is 0 Å². The summed E-state index contributed by atoms with van der Waals surface area (Å²) in [5.41, 5.74) is 0.461. The van der Waals surface area contributed by atoms with Crippen LogP contribution in [-0.4, -0.2) is 53.4 Å². The monoisotopic (exact) mass is 389 g/mol. The van der Waals surface area contributed by atoms with E-state index in [1.165, 1.54) is 36.7 Å². The van der Waals surface area contributed by atoms with Crippen molar-refractivity contribution in [3.63, 3.8) is 0 Å². The van der Waals surface area contributed by atoms with Crippen LogP contribution < -0.4 is 10.0 Å². The number of carbonyl (C=O) groups is 2. The highest BCUT2D eigenvalue weighted by Crippen LogP contribution is 2.20. The second-order valence-electron chi connectivity index (χ2n) is 5.40. The average Bonchev–Trinajstić information content (AvgIpc) is 2.90. The van der Waals surface area contributed by atoms with Crippen molar-refractivity contribution in [2.45, 2.75) is 4.90 Å². The number of hydrogen-bond acceptors (Lipinski definition) is 8. The highest BCUT2D eigenvalue weighted by atomic mass is 32.2. The number of imide groups is 1. The van der Waals surface area contributed by atoms with E-state index in [2.05, 4.69) is 20.0 Å². The molecule has 0 radical (unpaired) electrons. The van der Waals surface area contributed by atoms with E-state index in [1.807, 2.05) is 0 Å². The summed E-state index contributed by atoms with van der Waals surface area (Å²) in [6.45, 7) is -0.424. The lowest BCUT2D eigenvalue weighted by molar-refractivity contribution is -0.137. The predicted molar refractivity (Wildman–Crippen MR) is 94.8 cm³/mol. The average molecular weight is 389 g/mol. The van der Waals surface area contributed by atoms with E-state index in [9.17, 15) is 18.0 Å². The van der Waals surface area contributed by atoms with E-state index in [1.54, 1.807) is 6.07 Å². The molecule has 0 unspecified atom stereocenters. The first-order chi connectivity index (χ1) is 12.9. The van der Waals surface area contributed by atoms with Crippen LogP contribution in [0.5, 0.6) is 0 Å². The summed E-state index contributed by atoms with van der Waals surface area (Å²) in [6.07, 6.45) is 3.94. The van der Waals surface area contributed by atoms with E-state index in [4.69, 9.17) is 5.11 Å². The lowest BCUT2D eigenvalue weighted by Gasteiger charge is -2.13. The molecule has 140 valence electrons. The number of aliphatic hydroxyl groups is 1. The third-order valence-electron chi connectivity index (χ3n) is 3.57. The topological polar surface area (TPSA) is 142 Å². The van der Waals surface area contributed by atoms with Crippen LogP contribution in [0.1, 0.15) is 0 Å². The van der Waals surface area contributed by atoms with Gasteiger partial charge in [0.1, 0.15) is 5.70 Å². The Morgan fingerprint density at radius 3 is 2.37 bits per heavy atom. The van der Waals surface area contributed by atoms with Gasteiger partial charge in [0.25, 0.3) is 21.8 Å². The van der Waals surface area contributed by atoms with Crippen molar-refractivity contribution < 1.29 is 23.1 Å². The summed E-state index contributed by atoms with van der Waals surface area (Å²) in [4.78, 5) is 32.3. The minimum Gasteiger partial charge on any atom is -0.395 e. The summed E-state index contributed by atoms with van der Waals surface area (Å²) in [6, 6.07) is 7.13. The second kappa shape index (κ2) is 7.51. The van der Waals surface area contributed by atoms with Gasteiger partial charge in [0.15, 0.2) is 0 Å². The van der Waals surface area contributed by atoms with Gasteiger partial charge in [-0.25, -0.2) is 23.1 Å². The molecule has 11 heteroatoms. The number of anilines is 2. The molecule has 10 nitrogen and oxygen atoms in total. The maximum Gasteiger partial charge on any atom is 0.277 e. The lowest BCUT2D eigenvalue weighted by atomic mass is 10.3. The number of hydrogen-bond donors (Lipinski definition) is 3. The van der Waals surface area contributed by atoms with Crippen LogP contribution in [0.3, 0.4) is 0 Å². The number of aliphatic hydroxyl groups excluding tert-OH is 1. The van der Waals surface area contributed by atoms with Crippen LogP contribution in [0.15, 0.2) is 59.4 Å². The summed E-state index contributed by atoms with van der Waals surface area (Å²) >= 11 is 0. The van der Waals surface area contributed by atoms with Gasteiger partial charge in [0.05, 0.1) is 18.0 Å². The van der Waals surface area contributed by atoms with Crippen LogP contribution in [-0.2, 0) is 19.6 Å². The number of sulfonamides is 1. The van der Waals surface area contributed by atoms with Crippen molar-refractivity contribution in [3.05, 3.63) is 54.5 Å². The van der Waals surface area contributed by atoms with Crippen molar-refractivity contribution in [2.24, 2.45) is 0 Å². The zero-order chi connectivity index (χ0) is 19.4. The minimum atomic E-state index is -3.87. The minimum absolute atomic E-state index is 0.0229. The number of aromatic nitrogens is 2. The molecular formula is C16H15N5O5S. The van der Waals surface area contributed by atoms with Gasteiger partial charge in [0, 0.05) is 24.2 Å². The highest BCUT2D eigenvalue weighted by molar-refractivity contribution is 7.92. The molecule has 2 heterocycles.